The van der Waals surface area contributed by atoms with Crippen LogP contribution >= 0.6 is 15.9 Å². The van der Waals surface area contributed by atoms with Gasteiger partial charge in [0.15, 0.2) is 0 Å². The molecule has 2 aromatic carbocycles. The summed E-state index contributed by atoms with van der Waals surface area (Å²) < 4.78 is 6.08. The fourth-order valence-electron chi connectivity index (χ4n) is 2.36. The predicted octanol–water partition coefficient (Wildman–Crippen LogP) is 3.85. The first-order valence-corrected chi connectivity index (χ1v) is 8.26. The summed E-state index contributed by atoms with van der Waals surface area (Å²) in [6, 6.07) is 13.3. The fourth-order valence-corrected chi connectivity index (χ4v) is 2.92. The fraction of sp³-hybridized carbons (Fsp3) is 0.278. The maximum Gasteiger partial charge on any atom is 0.220 e. The Labute approximate surface area is 145 Å². The van der Waals surface area contributed by atoms with Crippen molar-refractivity contribution in [2.45, 2.75) is 25.8 Å². The molecule has 1 unspecified atom stereocenters. The predicted molar refractivity (Wildman–Crippen MR) is 96.4 cm³/mol. The number of ether oxygens (including phenoxy) is 1. The molecule has 0 radical (unpaired) electrons. The molecule has 4 nitrogen and oxygen atoms in total. The third kappa shape index (κ3) is 4.73. The molecule has 0 spiro atoms. The van der Waals surface area contributed by atoms with Crippen molar-refractivity contribution < 1.29 is 9.53 Å². The lowest BCUT2D eigenvalue weighted by atomic mass is 10.1. The Morgan fingerprint density at radius 2 is 2.04 bits per heavy atom. The second-order valence-electron chi connectivity index (χ2n) is 5.38. The van der Waals surface area contributed by atoms with Gasteiger partial charge in [-0.3, -0.25) is 4.79 Å². The van der Waals surface area contributed by atoms with Gasteiger partial charge in [-0.2, -0.15) is 0 Å². The number of hydrogen-bond acceptors (Lipinski definition) is 3. The van der Waals surface area contributed by atoms with E-state index < -0.39 is 0 Å². The van der Waals surface area contributed by atoms with Crippen molar-refractivity contribution in [2.75, 3.05) is 12.8 Å². The highest BCUT2D eigenvalue weighted by molar-refractivity contribution is 9.10. The maximum atomic E-state index is 12.1. The molecule has 1 atom stereocenters. The summed E-state index contributed by atoms with van der Waals surface area (Å²) in [7, 11) is 1.63. The van der Waals surface area contributed by atoms with Crippen LogP contribution < -0.4 is 15.8 Å². The van der Waals surface area contributed by atoms with E-state index in [2.05, 4.69) is 21.2 Å². The molecule has 0 aliphatic carbocycles. The number of aryl methyl sites for hydroxylation is 1. The minimum atomic E-state index is -0.0715. The molecule has 0 aliphatic rings. The number of rotatable bonds is 6. The molecule has 0 aromatic heterocycles. The van der Waals surface area contributed by atoms with Crippen molar-refractivity contribution in [3.8, 4) is 5.75 Å². The van der Waals surface area contributed by atoms with Crippen LogP contribution in [0.25, 0.3) is 0 Å². The monoisotopic (exact) mass is 376 g/mol. The lowest BCUT2D eigenvalue weighted by Gasteiger charge is -2.16. The number of methoxy groups -OCH3 is 1. The van der Waals surface area contributed by atoms with Crippen LogP contribution in [0.1, 0.15) is 30.5 Å². The summed E-state index contributed by atoms with van der Waals surface area (Å²) in [5, 5.41) is 3.01. The number of nitrogen functional groups attached to an aromatic ring is 1. The second kappa shape index (κ2) is 8.02. The molecular weight excluding hydrogens is 356 g/mol. The molecule has 23 heavy (non-hydrogen) atoms. The topological polar surface area (TPSA) is 64.3 Å². The molecule has 2 rings (SSSR count). The first kappa shape index (κ1) is 17.3. The van der Waals surface area contributed by atoms with Crippen molar-refractivity contribution in [3.63, 3.8) is 0 Å². The smallest absolute Gasteiger partial charge is 0.220 e. The van der Waals surface area contributed by atoms with Gasteiger partial charge >= 0.3 is 0 Å². The van der Waals surface area contributed by atoms with E-state index in [1.807, 2.05) is 49.4 Å². The van der Waals surface area contributed by atoms with Gasteiger partial charge in [-0.15, -0.1) is 0 Å². The molecule has 3 N–H and O–H groups in total. The number of hydrogen-bond donors (Lipinski definition) is 2. The van der Waals surface area contributed by atoms with Gasteiger partial charge in [-0.1, -0.05) is 24.3 Å². The lowest BCUT2D eigenvalue weighted by molar-refractivity contribution is -0.121. The van der Waals surface area contributed by atoms with Crippen LogP contribution in [0.2, 0.25) is 0 Å². The highest BCUT2D eigenvalue weighted by atomic mass is 79.9. The number of anilines is 1. The van der Waals surface area contributed by atoms with E-state index in [1.54, 1.807) is 7.11 Å². The van der Waals surface area contributed by atoms with Gasteiger partial charge in [0.05, 0.1) is 17.6 Å². The van der Waals surface area contributed by atoms with E-state index in [-0.39, 0.29) is 11.9 Å². The average Bonchev–Trinajstić information content (AvgIpc) is 2.54. The standard InChI is InChI=1S/C18H21BrN2O2/c1-12(14-7-9-17(23-2)15(19)11-14)21-18(22)10-8-13-5-3-4-6-16(13)20/h3-7,9,11-12H,8,10,20H2,1-2H3,(H,21,22). The Hall–Kier alpha value is -2.01. The summed E-state index contributed by atoms with van der Waals surface area (Å²) in [4.78, 5) is 12.1. The lowest BCUT2D eigenvalue weighted by Crippen LogP contribution is -2.26. The molecule has 0 saturated carbocycles. The van der Waals surface area contributed by atoms with E-state index >= 15 is 0 Å². The number of amides is 1. The van der Waals surface area contributed by atoms with Crippen LogP contribution in [0.3, 0.4) is 0 Å². The zero-order valence-electron chi connectivity index (χ0n) is 13.3. The molecule has 0 saturated heterocycles. The van der Waals surface area contributed by atoms with Crippen LogP contribution in [-0.4, -0.2) is 13.0 Å². The molecular formula is C18H21BrN2O2. The van der Waals surface area contributed by atoms with Gasteiger partial charge < -0.3 is 15.8 Å². The summed E-state index contributed by atoms with van der Waals surface area (Å²) in [5.74, 6) is 0.777. The zero-order valence-corrected chi connectivity index (χ0v) is 14.9. The second-order valence-corrected chi connectivity index (χ2v) is 6.24. The molecule has 2 aromatic rings. The van der Waals surface area contributed by atoms with E-state index in [4.69, 9.17) is 10.5 Å². The van der Waals surface area contributed by atoms with Gasteiger partial charge in [0.1, 0.15) is 5.75 Å². The first-order chi connectivity index (χ1) is 11.0. The zero-order chi connectivity index (χ0) is 16.8. The average molecular weight is 377 g/mol. The highest BCUT2D eigenvalue weighted by Gasteiger charge is 2.12. The molecule has 0 aliphatic heterocycles. The number of benzene rings is 2. The Balaban J connectivity index is 1.92. The highest BCUT2D eigenvalue weighted by Crippen LogP contribution is 2.28. The molecule has 0 fully saturated rings. The maximum absolute atomic E-state index is 12.1. The molecule has 122 valence electrons. The van der Waals surface area contributed by atoms with E-state index in [9.17, 15) is 4.79 Å². The van der Waals surface area contributed by atoms with Gasteiger partial charge in [-0.25, -0.2) is 0 Å². The molecule has 0 bridgehead atoms. The van der Waals surface area contributed by atoms with E-state index in [1.165, 1.54) is 0 Å². The largest absolute Gasteiger partial charge is 0.496 e. The van der Waals surface area contributed by atoms with E-state index in [0.29, 0.717) is 12.8 Å². The van der Waals surface area contributed by atoms with Crippen LogP contribution in [0, 0.1) is 0 Å². The summed E-state index contributed by atoms with van der Waals surface area (Å²) in [5.41, 5.74) is 8.64. The van der Waals surface area contributed by atoms with Crippen LogP contribution in [0.5, 0.6) is 5.75 Å². The normalized spacial score (nSPS) is 11.8. The van der Waals surface area contributed by atoms with Crippen molar-refractivity contribution in [3.05, 3.63) is 58.1 Å². The van der Waals surface area contributed by atoms with Crippen molar-refractivity contribution in [1.29, 1.82) is 0 Å². The summed E-state index contributed by atoms with van der Waals surface area (Å²) >= 11 is 3.46. The van der Waals surface area contributed by atoms with Crippen molar-refractivity contribution >= 4 is 27.5 Å². The quantitative estimate of drug-likeness (QED) is 0.752. The third-order valence-electron chi connectivity index (χ3n) is 3.73. The first-order valence-electron chi connectivity index (χ1n) is 7.47. The number of halogens is 1. The SMILES string of the molecule is COc1ccc(C(C)NC(=O)CCc2ccccc2N)cc1Br. The number of carbonyl (C=O) groups excluding carboxylic acids is 1. The molecule has 1 amide bonds. The van der Waals surface area contributed by atoms with Crippen LogP contribution in [0.4, 0.5) is 5.69 Å². The number of nitrogens with two attached hydrogens (primary N) is 1. The van der Waals surface area contributed by atoms with Gasteiger partial charge in [0, 0.05) is 12.1 Å². The minimum absolute atomic E-state index is 0.00712. The Morgan fingerprint density at radius 3 is 2.70 bits per heavy atom. The Kier molecular flexibility index (Phi) is 6.04. The third-order valence-corrected chi connectivity index (χ3v) is 4.35. The van der Waals surface area contributed by atoms with Crippen molar-refractivity contribution in [1.82, 2.24) is 5.32 Å². The summed E-state index contributed by atoms with van der Waals surface area (Å²) in [6.45, 7) is 1.96. The Bertz CT molecular complexity index is 688. The van der Waals surface area contributed by atoms with Crippen molar-refractivity contribution in [2.24, 2.45) is 0 Å². The number of carbonyl (C=O) groups is 1. The van der Waals surface area contributed by atoms with Gasteiger partial charge in [0.25, 0.3) is 0 Å². The van der Waals surface area contributed by atoms with Gasteiger partial charge in [-0.05, 0) is 58.6 Å². The Morgan fingerprint density at radius 1 is 1.30 bits per heavy atom. The van der Waals surface area contributed by atoms with E-state index in [0.717, 1.165) is 27.0 Å². The summed E-state index contributed by atoms with van der Waals surface area (Å²) in [6.07, 6.45) is 1.05. The molecule has 5 heteroatoms. The number of nitrogens with one attached hydrogen (secondary N) is 1. The number of para-hydroxylation sites is 1. The minimum Gasteiger partial charge on any atom is -0.496 e. The van der Waals surface area contributed by atoms with Gasteiger partial charge in [0.2, 0.25) is 5.91 Å². The van der Waals surface area contributed by atoms with Crippen LogP contribution in [0.15, 0.2) is 46.9 Å². The molecule has 0 heterocycles. The van der Waals surface area contributed by atoms with Crippen LogP contribution in [-0.2, 0) is 11.2 Å².